The quantitative estimate of drug-likeness (QED) is 0.552. The van der Waals surface area contributed by atoms with Crippen molar-refractivity contribution in [3.63, 3.8) is 0 Å². The lowest BCUT2D eigenvalue weighted by Gasteiger charge is -2.17. The maximum absolute atomic E-state index is 5.07. The SMILES string of the molecule is C[CH]NOC(C)(C)C. The Kier molecular flexibility index (Phi) is 3.02. The van der Waals surface area contributed by atoms with Crippen molar-refractivity contribution in [2.45, 2.75) is 33.3 Å². The van der Waals surface area contributed by atoms with Gasteiger partial charge in [0, 0.05) is 6.54 Å². The second-order valence-electron chi connectivity index (χ2n) is 2.62. The first-order valence-corrected chi connectivity index (χ1v) is 2.77. The first kappa shape index (κ1) is 7.92. The Balaban J connectivity index is 3.11. The average Bonchev–Trinajstić information content (AvgIpc) is 1.59. The molecule has 0 saturated carbocycles. The van der Waals surface area contributed by atoms with Gasteiger partial charge in [-0.05, 0) is 27.7 Å². The fourth-order valence-electron chi connectivity index (χ4n) is 0.236. The zero-order valence-corrected chi connectivity index (χ0v) is 5.99. The lowest BCUT2D eigenvalue weighted by Crippen LogP contribution is -2.26. The highest BCUT2D eigenvalue weighted by molar-refractivity contribution is 4.57. The summed E-state index contributed by atoms with van der Waals surface area (Å²) in [5.41, 5.74) is 2.57. The predicted octanol–water partition coefficient (Wildman–Crippen LogP) is 1.49. The maximum Gasteiger partial charge on any atom is 0.0813 e. The molecule has 0 saturated heterocycles. The molecule has 0 atom stereocenters. The van der Waals surface area contributed by atoms with Gasteiger partial charge in [-0.3, -0.25) is 4.84 Å². The highest BCUT2D eigenvalue weighted by Gasteiger charge is 2.08. The third kappa shape index (κ3) is 5.92. The van der Waals surface area contributed by atoms with E-state index in [2.05, 4.69) is 5.48 Å². The second-order valence-corrected chi connectivity index (χ2v) is 2.62. The zero-order valence-electron chi connectivity index (χ0n) is 5.99. The van der Waals surface area contributed by atoms with Crippen molar-refractivity contribution < 1.29 is 4.84 Å². The number of nitrogens with one attached hydrogen (secondary N) is 1. The molecule has 0 aliphatic heterocycles. The first-order valence-electron chi connectivity index (χ1n) is 2.77. The Labute approximate surface area is 51.2 Å². The Morgan fingerprint density at radius 2 is 1.88 bits per heavy atom. The van der Waals surface area contributed by atoms with Gasteiger partial charge >= 0.3 is 0 Å². The standard InChI is InChI=1S/C6H14NO/c1-5-7-8-6(2,3)4/h5,7H,1-4H3. The van der Waals surface area contributed by atoms with E-state index in [-0.39, 0.29) is 5.60 Å². The molecule has 0 aromatic heterocycles. The van der Waals surface area contributed by atoms with E-state index < -0.39 is 0 Å². The molecule has 1 N–H and O–H groups in total. The molecule has 0 aliphatic rings. The molecule has 0 aliphatic carbocycles. The van der Waals surface area contributed by atoms with Crippen LogP contribution in [0.2, 0.25) is 0 Å². The molecular weight excluding hydrogens is 102 g/mol. The fourth-order valence-corrected chi connectivity index (χ4v) is 0.236. The molecule has 0 heterocycles. The van der Waals surface area contributed by atoms with Gasteiger partial charge in [0.2, 0.25) is 0 Å². The van der Waals surface area contributed by atoms with Gasteiger partial charge in [-0.15, -0.1) is 0 Å². The summed E-state index contributed by atoms with van der Waals surface area (Å²) >= 11 is 0. The average molecular weight is 116 g/mol. The fraction of sp³-hybridized carbons (Fsp3) is 0.833. The molecular formula is C6H14NO. The first-order chi connectivity index (χ1) is 3.56. The van der Waals surface area contributed by atoms with Crippen molar-refractivity contribution >= 4 is 0 Å². The topological polar surface area (TPSA) is 21.3 Å². The van der Waals surface area contributed by atoms with E-state index in [0.29, 0.717) is 0 Å². The summed E-state index contributed by atoms with van der Waals surface area (Å²) in [5, 5.41) is 0. The molecule has 49 valence electrons. The van der Waals surface area contributed by atoms with Gasteiger partial charge in [0.15, 0.2) is 0 Å². The molecule has 8 heavy (non-hydrogen) atoms. The van der Waals surface area contributed by atoms with Crippen molar-refractivity contribution in [3.8, 4) is 0 Å². The van der Waals surface area contributed by atoms with Crippen LogP contribution >= 0.6 is 0 Å². The molecule has 0 unspecified atom stereocenters. The lowest BCUT2D eigenvalue weighted by molar-refractivity contribution is -0.0596. The molecule has 1 radical (unpaired) electrons. The third-order valence-electron chi connectivity index (χ3n) is 0.483. The summed E-state index contributed by atoms with van der Waals surface area (Å²) < 4.78 is 0. The van der Waals surface area contributed by atoms with Crippen LogP contribution in [-0.2, 0) is 4.84 Å². The van der Waals surface area contributed by atoms with E-state index in [9.17, 15) is 0 Å². The van der Waals surface area contributed by atoms with E-state index in [4.69, 9.17) is 4.84 Å². The van der Waals surface area contributed by atoms with Crippen LogP contribution in [0.15, 0.2) is 0 Å². The van der Waals surface area contributed by atoms with Crippen LogP contribution in [0, 0.1) is 6.54 Å². The molecule has 0 spiro atoms. The van der Waals surface area contributed by atoms with E-state index >= 15 is 0 Å². The molecule has 0 fully saturated rings. The monoisotopic (exact) mass is 116 g/mol. The Hall–Kier alpha value is -0.0800. The highest BCUT2D eigenvalue weighted by Crippen LogP contribution is 2.02. The van der Waals surface area contributed by atoms with Crippen LogP contribution < -0.4 is 5.48 Å². The van der Waals surface area contributed by atoms with Gasteiger partial charge in [0.1, 0.15) is 0 Å². The van der Waals surface area contributed by atoms with Gasteiger partial charge in [-0.1, -0.05) is 0 Å². The highest BCUT2D eigenvalue weighted by atomic mass is 16.7. The minimum absolute atomic E-state index is 0.0908. The van der Waals surface area contributed by atoms with Crippen LogP contribution in [-0.4, -0.2) is 5.60 Å². The largest absolute Gasteiger partial charge is 0.296 e. The minimum atomic E-state index is -0.0908. The summed E-state index contributed by atoms with van der Waals surface area (Å²) in [6.45, 7) is 9.60. The van der Waals surface area contributed by atoms with Gasteiger partial charge in [0.05, 0.1) is 5.60 Å². The molecule has 0 aromatic rings. The van der Waals surface area contributed by atoms with Crippen molar-refractivity contribution in [2.24, 2.45) is 0 Å². The molecule has 0 amide bonds. The molecule has 0 bridgehead atoms. The summed E-state index contributed by atoms with van der Waals surface area (Å²) in [4.78, 5) is 5.07. The lowest BCUT2D eigenvalue weighted by atomic mass is 10.2. The number of hydrogen-bond acceptors (Lipinski definition) is 2. The van der Waals surface area contributed by atoms with Crippen LogP contribution in [0.4, 0.5) is 0 Å². The summed E-state index contributed by atoms with van der Waals surface area (Å²) in [5.74, 6) is 0. The predicted molar refractivity (Wildman–Crippen MR) is 33.9 cm³/mol. The Morgan fingerprint density at radius 3 is 2.00 bits per heavy atom. The van der Waals surface area contributed by atoms with E-state index in [1.807, 2.05) is 27.7 Å². The van der Waals surface area contributed by atoms with Crippen LogP contribution in [0.25, 0.3) is 0 Å². The summed E-state index contributed by atoms with van der Waals surface area (Å²) in [6, 6.07) is 0. The Morgan fingerprint density at radius 1 is 1.38 bits per heavy atom. The number of rotatable bonds is 2. The normalized spacial score (nSPS) is 12.0. The molecule has 0 aromatic carbocycles. The molecule has 2 nitrogen and oxygen atoms in total. The smallest absolute Gasteiger partial charge is 0.0813 e. The summed E-state index contributed by atoms with van der Waals surface area (Å²) in [7, 11) is 0. The Bertz CT molecular complexity index is 56.0. The third-order valence-corrected chi connectivity index (χ3v) is 0.483. The second kappa shape index (κ2) is 3.05. The van der Waals surface area contributed by atoms with E-state index in [0.717, 1.165) is 0 Å². The maximum atomic E-state index is 5.07. The van der Waals surface area contributed by atoms with Crippen LogP contribution in [0.5, 0.6) is 0 Å². The molecule has 0 rings (SSSR count). The van der Waals surface area contributed by atoms with Crippen molar-refractivity contribution in [3.05, 3.63) is 6.54 Å². The number of hydrogen-bond donors (Lipinski definition) is 1. The molecule has 2 heteroatoms. The van der Waals surface area contributed by atoms with Crippen LogP contribution in [0.3, 0.4) is 0 Å². The summed E-state index contributed by atoms with van der Waals surface area (Å²) in [6.07, 6.45) is 0. The number of hydroxylamine groups is 1. The minimum Gasteiger partial charge on any atom is -0.296 e. The van der Waals surface area contributed by atoms with Gasteiger partial charge in [-0.25, -0.2) is 0 Å². The van der Waals surface area contributed by atoms with E-state index in [1.165, 1.54) is 0 Å². The zero-order chi connectivity index (χ0) is 6.62. The van der Waals surface area contributed by atoms with Gasteiger partial charge < -0.3 is 0 Å². The van der Waals surface area contributed by atoms with E-state index in [1.54, 1.807) is 6.54 Å². The van der Waals surface area contributed by atoms with Crippen LogP contribution in [0.1, 0.15) is 27.7 Å². The van der Waals surface area contributed by atoms with Gasteiger partial charge in [-0.2, -0.15) is 5.48 Å². The van der Waals surface area contributed by atoms with Gasteiger partial charge in [0.25, 0.3) is 0 Å². The van der Waals surface area contributed by atoms with Crippen molar-refractivity contribution in [1.29, 1.82) is 0 Å². The van der Waals surface area contributed by atoms with Crippen molar-refractivity contribution in [1.82, 2.24) is 5.48 Å². The van der Waals surface area contributed by atoms with Crippen molar-refractivity contribution in [2.75, 3.05) is 0 Å².